The summed E-state index contributed by atoms with van der Waals surface area (Å²) in [6, 6.07) is 3.78. The highest BCUT2D eigenvalue weighted by Gasteiger charge is 2.22. The second-order valence-corrected chi connectivity index (χ2v) is 6.70. The van der Waals surface area contributed by atoms with Gasteiger partial charge in [-0.05, 0) is 53.3 Å². The van der Waals surface area contributed by atoms with Gasteiger partial charge >= 0.3 is 0 Å². The average Bonchev–Trinajstić information content (AvgIpc) is 2.70. The van der Waals surface area contributed by atoms with Crippen LogP contribution in [0, 0.1) is 3.57 Å². The van der Waals surface area contributed by atoms with E-state index in [1.807, 2.05) is 19.1 Å². The van der Waals surface area contributed by atoms with E-state index in [1.54, 1.807) is 13.2 Å². The summed E-state index contributed by atoms with van der Waals surface area (Å²) in [7, 11) is 1.59. The zero-order valence-corrected chi connectivity index (χ0v) is 14.6. The van der Waals surface area contributed by atoms with E-state index in [0.717, 1.165) is 14.9 Å². The number of methoxy groups -OCH3 is 1. The van der Waals surface area contributed by atoms with E-state index in [1.165, 1.54) is 11.8 Å². The Morgan fingerprint density at radius 1 is 1.50 bits per heavy atom. The number of hydrogen-bond donors (Lipinski definition) is 1. The first-order chi connectivity index (χ1) is 9.55. The van der Waals surface area contributed by atoms with Gasteiger partial charge in [0.25, 0.3) is 5.91 Å². The summed E-state index contributed by atoms with van der Waals surface area (Å²) in [6.45, 7) is 2.49. The predicted molar refractivity (Wildman–Crippen MR) is 93.2 cm³/mol. The van der Waals surface area contributed by atoms with Crippen LogP contribution in [-0.2, 0) is 4.79 Å². The van der Waals surface area contributed by atoms with Crippen LogP contribution in [0.4, 0.5) is 0 Å². The van der Waals surface area contributed by atoms with Crippen molar-refractivity contribution >= 4 is 62.9 Å². The topological polar surface area (TPSA) is 47.6 Å². The van der Waals surface area contributed by atoms with Gasteiger partial charge < -0.3 is 14.8 Å². The summed E-state index contributed by atoms with van der Waals surface area (Å²) in [4.78, 5) is 12.2. The first-order valence-corrected chi connectivity index (χ1v) is 8.10. The van der Waals surface area contributed by atoms with Crippen LogP contribution in [0.2, 0.25) is 0 Å². The van der Waals surface area contributed by atoms with Crippen LogP contribution in [0.25, 0.3) is 6.08 Å². The van der Waals surface area contributed by atoms with Crippen molar-refractivity contribution < 1.29 is 14.3 Å². The maximum atomic E-state index is 11.7. The number of rotatable bonds is 4. The Kier molecular flexibility index (Phi) is 5.28. The van der Waals surface area contributed by atoms with E-state index in [0.29, 0.717) is 21.6 Å². The molecule has 1 aliphatic heterocycles. The Morgan fingerprint density at radius 2 is 2.25 bits per heavy atom. The number of thiocarbonyl (C=S) groups is 1. The molecule has 106 valence electrons. The molecule has 1 aromatic carbocycles. The largest absolute Gasteiger partial charge is 0.493 e. The molecule has 1 aliphatic rings. The van der Waals surface area contributed by atoms with Crippen molar-refractivity contribution in [3.8, 4) is 11.5 Å². The lowest BCUT2D eigenvalue weighted by Gasteiger charge is -2.12. The number of halogens is 1. The second kappa shape index (κ2) is 6.77. The molecule has 0 unspecified atom stereocenters. The van der Waals surface area contributed by atoms with Crippen molar-refractivity contribution in [3.63, 3.8) is 0 Å². The molecule has 0 aromatic heterocycles. The quantitative estimate of drug-likeness (QED) is 0.460. The van der Waals surface area contributed by atoms with Gasteiger partial charge in [0.1, 0.15) is 4.32 Å². The first kappa shape index (κ1) is 15.6. The number of carbonyl (C=O) groups excluding carboxylic acids is 1. The Bertz CT molecular complexity index is 602. The molecule has 0 atom stereocenters. The van der Waals surface area contributed by atoms with Crippen LogP contribution >= 0.6 is 46.6 Å². The van der Waals surface area contributed by atoms with Gasteiger partial charge in [0.05, 0.1) is 22.2 Å². The van der Waals surface area contributed by atoms with Gasteiger partial charge in [0.2, 0.25) is 0 Å². The zero-order chi connectivity index (χ0) is 14.7. The van der Waals surface area contributed by atoms with Crippen molar-refractivity contribution in [2.75, 3.05) is 13.7 Å². The molecule has 1 N–H and O–H groups in total. The second-order valence-electron chi connectivity index (χ2n) is 3.82. The lowest BCUT2D eigenvalue weighted by atomic mass is 10.2. The van der Waals surface area contributed by atoms with Crippen molar-refractivity contribution in [1.29, 1.82) is 0 Å². The number of ether oxygens (including phenoxy) is 2. The van der Waals surface area contributed by atoms with Gasteiger partial charge in [-0.1, -0.05) is 24.0 Å². The van der Waals surface area contributed by atoms with Crippen molar-refractivity contribution in [2.45, 2.75) is 6.92 Å². The maximum Gasteiger partial charge on any atom is 0.263 e. The van der Waals surface area contributed by atoms with E-state index in [4.69, 9.17) is 21.7 Å². The fraction of sp³-hybridized carbons (Fsp3) is 0.231. The minimum Gasteiger partial charge on any atom is -0.493 e. The fourth-order valence-electron chi connectivity index (χ4n) is 1.68. The summed E-state index contributed by atoms with van der Waals surface area (Å²) < 4.78 is 12.3. The maximum absolute atomic E-state index is 11.7. The highest BCUT2D eigenvalue weighted by atomic mass is 127. The minimum absolute atomic E-state index is 0.164. The van der Waals surface area contributed by atoms with E-state index < -0.39 is 0 Å². The van der Waals surface area contributed by atoms with Crippen LogP contribution in [0.15, 0.2) is 17.0 Å². The van der Waals surface area contributed by atoms with E-state index in [2.05, 4.69) is 27.9 Å². The Labute approximate surface area is 140 Å². The molecular weight excluding hydrogens is 409 g/mol. The zero-order valence-electron chi connectivity index (χ0n) is 10.9. The highest BCUT2D eigenvalue weighted by Crippen LogP contribution is 2.35. The number of hydrogen-bond acceptors (Lipinski definition) is 5. The monoisotopic (exact) mass is 421 g/mol. The molecule has 4 nitrogen and oxygen atoms in total. The van der Waals surface area contributed by atoms with Crippen molar-refractivity contribution in [2.24, 2.45) is 0 Å². The van der Waals surface area contributed by atoms with E-state index in [9.17, 15) is 4.79 Å². The summed E-state index contributed by atoms with van der Waals surface area (Å²) in [5.41, 5.74) is 0.872. The molecule has 0 radical (unpaired) electrons. The van der Waals surface area contributed by atoms with Crippen LogP contribution < -0.4 is 14.8 Å². The number of benzene rings is 1. The molecule has 20 heavy (non-hydrogen) atoms. The van der Waals surface area contributed by atoms with Crippen molar-refractivity contribution in [3.05, 3.63) is 26.2 Å². The Morgan fingerprint density at radius 3 is 2.80 bits per heavy atom. The summed E-state index contributed by atoms with van der Waals surface area (Å²) in [6.07, 6.45) is 1.79. The third-order valence-electron chi connectivity index (χ3n) is 2.48. The van der Waals surface area contributed by atoms with Crippen LogP contribution in [0.5, 0.6) is 11.5 Å². The van der Waals surface area contributed by atoms with Crippen LogP contribution in [0.1, 0.15) is 12.5 Å². The van der Waals surface area contributed by atoms with Gasteiger partial charge in [0, 0.05) is 0 Å². The summed E-state index contributed by atoms with van der Waals surface area (Å²) in [5, 5.41) is 2.59. The molecule has 1 heterocycles. The molecule has 0 spiro atoms. The smallest absolute Gasteiger partial charge is 0.263 e. The molecule has 1 saturated heterocycles. The average molecular weight is 421 g/mol. The summed E-state index contributed by atoms with van der Waals surface area (Å²) in [5.74, 6) is 1.20. The first-order valence-electron chi connectivity index (χ1n) is 5.80. The van der Waals surface area contributed by atoms with Crippen molar-refractivity contribution in [1.82, 2.24) is 5.32 Å². The fourth-order valence-corrected chi connectivity index (χ4v) is 3.51. The van der Waals surface area contributed by atoms with Crippen LogP contribution in [-0.4, -0.2) is 23.9 Å². The molecule has 0 saturated carbocycles. The lowest BCUT2D eigenvalue weighted by Crippen LogP contribution is -2.17. The SMILES string of the molecule is CCOc1c(I)cc(/C=C2\SC(=S)NC2=O)cc1OC. The van der Waals surface area contributed by atoms with Gasteiger partial charge in [-0.15, -0.1) is 0 Å². The third kappa shape index (κ3) is 3.44. The molecule has 1 aromatic rings. The predicted octanol–water partition coefficient (Wildman–Crippen LogP) is 3.19. The third-order valence-corrected chi connectivity index (χ3v) is 4.44. The standard InChI is InChI=1S/C13H12INO3S2/c1-3-18-11-8(14)4-7(5-9(11)17-2)6-10-12(16)15-13(19)20-10/h4-6H,3H2,1-2H3,(H,15,16,19)/b10-6-. The number of amides is 1. The Balaban J connectivity index is 2.39. The van der Waals surface area contributed by atoms with E-state index in [-0.39, 0.29) is 5.91 Å². The molecule has 0 aliphatic carbocycles. The highest BCUT2D eigenvalue weighted by molar-refractivity contribution is 14.1. The number of carbonyl (C=O) groups is 1. The molecule has 2 rings (SSSR count). The van der Waals surface area contributed by atoms with Crippen LogP contribution in [0.3, 0.4) is 0 Å². The summed E-state index contributed by atoms with van der Waals surface area (Å²) >= 11 is 8.41. The van der Waals surface area contributed by atoms with Gasteiger partial charge in [0.15, 0.2) is 11.5 Å². The molecule has 7 heteroatoms. The molecule has 0 bridgehead atoms. The number of nitrogens with one attached hydrogen (secondary N) is 1. The van der Waals surface area contributed by atoms with Gasteiger partial charge in [-0.3, -0.25) is 4.79 Å². The van der Waals surface area contributed by atoms with Gasteiger partial charge in [-0.2, -0.15) is 0 Å². The Hall–Kier alpha value is -0.800. The number of thioether (sulfide) groups is 1. The lowest BCUT2D eigenvalue weighted by molar-refractivity contribution is -0.115. The van der Waals surface area contributed by atoms with E-state index >= 15 is 0 Å². The molecule has 1 fully saturated rings. The molecular formula is C13H12INO3S2. The minimum atomic E-state index is -0.164. The molecule has 1 amide bonds. The normalized spacial score (nSPS) is 16.4. The van der Waals surface area contributed by atoms with Gasteiger partial charge in [-0.25, -0.2) is 0 Å².